The Kier molecular flexibility index (Phi) is 7.95. The largest absolute Gasteiger partial charge is 0.486 e. The number of benzene rings is 2. The average molecular weight is 420 g/mol. The zero-order chi connectivity index (χ0) is 22.1. The maximum absolute atomic E-state index is 12.9. The van der Waals surface area contributed by atoms with Gasteiger partial charge in [-0.15, -0.1) is 0 Å². The monoisotopic (exact) mass is 419 g/mol. The molecule has 162 valence electrons. The predicted molar refractivity (Wildman–Crippen MR) is 124 cm³/mol. The number of hydrogen-bond donors (Lipinski definition) is 2. The minimum absolute atomic E-state index is 0.0862. The highest BCUT2D eigenvalue weighted by Gasteiger charge is 2.17. The Labute approximate surface area is 183 Å². The van der Waals surface area contributed by atoms with E-state index in [9.17, 15) is 4.79 Å². The van der Waals surface area contributed by atoms with E-state index in [1.165, 1.54) is 12.4 Å². The molecule has 0 aliphatic carbocycles. The van der Waals surface area contributed by atoms with Crippen LogP contribution >= 0.6 is 0 Å². The van der Waals surface area contributed by atoms with E-state index in [0.717, 1.165) is 30.8 Å². The second-order valence-corrected chi connectivity index (χ2v) is 7.10. The topological polar surface area (TPSA) is 79.4 Å². The first-order valence-corrected chi connectivity index (χ1v) is 10.4. The van der Waals surface area contributed by atoms with Gasteiger partial charge in [-0.2, -0.15) is 0 Å². The smallest absolute Gasteiger partial charge is 0.261 e. The molecule has 1 amide bonds. The molecule has 7 heteroatoms. The van der Waals surface area contributed by atoms with Crippen LogP contribution in [0.3, 0.4) is 0 Å². The molecule has 0 saturated heterocycles. The van der Waals surface area contributed by atoms with E-state index >= 15 is 0 Å². The number of anilines is 2. The fourth-order valence-corrected chi connectivity index (χ4v) is 3.17. The van der Waals surface area contributed by atoms with Crippen molar-refractivity contribution in [2.24, 2.45) is 0 Å². The standard InChI is InChI=1S/C24H29N5O2/c1-4-26-24-27-16-19(17-28-24)23(30)29(3)20-11-8-12-21(15-20)31-22(13-14-25-2)18-9-6-5-7-10-18/h5-12,15-17,22,25H,4,13-14H2,1-3H3,(H,26,27,28). The number of aromatic nitrogens is 2. The van der Waals surface area contributed by atoms with Gasteiger partial charge in [-0.3, -0.25) is 4.79 Å². The van der Waals surface area contributed by atoms with Crippen molar-refractivity contribution in [2.75, 3.05) is 37.4 Å². The fraction of sp³-hybridized carbons (Fsp3) is 0.292. The lowest BCUT2D eigenvalue weighted by atomic mass is 10.1. The number of hydrogen-bond acceptors (Lipinski definition) is 6. The predicted octanol–water partition coefficient (Wildman–Crippen LogP) is 3.91. The first-order valence-electron chi connectivity index (χ1n) is 10.4. The SMILES string of the molecule is CCNc1ncc(C(=O)N(C)c2cccc(OC(CCNC)c3ccccc3)c2)cn1. The average Bonchev–Trinajstić information content (AvgIpc) is 2.82. The van der Waals surface area contributed by atoms with Gasteiger partial charge in [0.2, 0.25) is 5.95 Å². The van der Waals surface area contributed by atoms with Gasteiger partial charge in [-0.25, -0.2) is 9.97 Å². The molecule has 1 heterocycles. The van der Waals surface area contributed by atoms with Crippen molar-refractivity contribution >= 4 is 17.5 Å². The maximum atomic E-state index is 12.9. The van der Waals surface area contributed by atoms with Crippen LogP contribution in [0.25, 0.3) is 0 Å². The molecule has 0 aliphatic rings. The number of ether oxygens (including phenoxy) is 1. The Morgan fingerprint density at radius 1 is 1.10 bits per heavy atom. The van der Waals surface area contributed by atoms with Gasteiger partial charge in [0, 0.05) is 44.2 Å². The second kappa shape index (κ2) is 11.1. The van der Waals surface area contributed by atoms with Crippen LogP contribution in [0.15, 0.2) is 67.0 Å². The molecule has 1 atom stereocenters. The maximum Gasteiger partial charge on any atom is 0.261 e. The number of carbonyl (C=O) groups excluding carboxylic acids is 1. The molecule has 0 saturated carbocycles. The Balaban J connectivity index is 1.75. The summed E-state index contributed by atoms with van der Waals surface area (Å²) in [5, 5.41) is 6.20. The minimum atomic E-state index is -0.185. The van der Waals surface area contributed by atoms with Crippen LogP contribution in [0, 0.1) is 0 Å². The van der Waals surface area contributed by atoms with Crippen LogP contribution in [0.1, 0.15) is 35.4 Å². The molecule has 7 nitrogen and oxygen atoms in total. The van der Waals surface area contributed by atoms with Crippen LogP contribution in [0.5, 0.6) is 5.75 Å². The van der Waals surface area contributed by atoms with Crippen molar-refractivity contribution in [1.29, 1.82) is 0 Å². The zero-order valence-electron chi connectivity index (χ0n) is 18.2. The van der Waals surface area contributed by atoms with Crippen molar-refractivity contribution in [3.05, 3.63) is 78.1 Å². The molecular formula is C24H29N5O2. The summed E-state index contributed by atoms with van der Waals surface area (Å²) in [7, 11) is 3.66. The molecule has 0 bridgehead atoms. The zero-order valence-corrected chi connectivity index (χ0v) is 18.2. The van der Waals surface area contributed by atoms with Crippen molar-refractivity contribution in [1.82, 2.24) is 15.3 Å². The van der Waals surface area contributed by atoms with Crippen LogP contribution in [0.4, 0.5) is 11.6 Å². The Hall–Kier alpha value is -3.45. The van der Waals surface area contributed by atoms with Gasteiger partial charge in [0.05, 0.1) is 5.56 Å². The highest BCUT2D eigenvalue weighted by Crippen LogP contribution is 2.28. The molecule has 1 aromatic heterocycles. The first kappa shape index (κ1) is 22.2. The molecule has 0 aliphatic heterocycles. The molecule has 3 rings (SSSR count). The van der Waals surface area contributed by atoms with E-state index < -0.39 is 0 Å². The molecule has 0 radical (unpaired) electrons. The summed E-state index contributed by atoms with van der Waals surface area (Å²) in [5.41, 5.74) is 2.27. The lowest BCUT2D eigenvalue weighted by molar-refractivity contribution is 0.0992. The number of nitrogens with zero attached hydrogens (tertiary/aromatic N) is 3. The third kappa shape index (κ3) is 6.02. The highest BCUT2D eigenvalue weighted by molar-refractivity contribution is 6.05. The minimum Gasteiger partial charge on any atom is -0.486 e. The van der Waals surface area contributed by atoms with Crippen LogP contribution < -0.4 is 20.3 Å². The van der Waals surface area contributed by atoms with E-state index in [2.05, 4.69) is 32.7 Å². The number of carbonyl (C=O) groups is 1. The highest BCUT2D eigenvalue weighted by atomic mass is 16.5. The van der Waals surface area contributed by atoms with Gasteiger partial charge in [-0.1, -0.05) is 36.4 Å². The van der Waals surface area contributed by atoms with E-state index in [1.54, 1.807) is 11.9 Å². The lowest BCUT2D eigenvalue weighted by Crippen LogP contribution is -2.26. The third-order valence-corrected chi connectivity index (χ3v) is 4.85. The molecule has 0 spiro atoms. The third-order valence-electron chi connectivity index (χ3n) is 4.85. The lowest BCUT2D eigenvalue weighted by Gasteiger charge is -2.22. The van der Waals surface area contributed by atoms with Crippen LogP contribution in [0.2, 0.25) is 0 Å². The van der Waals surface area contributed by atoms with Gasteiger partial charge >= 0.3 is 0 Å². The summed E-state index contributed by atoms with van der Waals surface area (Å²) in [5.74, 6) is 1.03. The molecule has 2 aromatic carbocycles. The van der Waals surface area contributed by atoms with Crippen LogP contribution in [-0.2, 0) is 0 Å². The van der Waals surface area contributed by atoms with E-state index in [1.807, 2.05) is 56.4 Å². The number of rotatable bonds is 10. The van der Waals surface area contributed by atoms with E-state index in [-0.39, 0.29) is 12.0 Å². The number of amides is 1. The molecule has 0 fully saturated rings. The summed E-state index contributed by atoms with van der Waals surface area (Å²) < 4.78 is 6.31. The van der Waals surface area contributed by atoms with Gasteiger partial charge in [0.15, 0.2) is 0 Å². The van der Waals surface area contributed by atoms with Crippen molar-refractivity contribution < 1.29 is 9.53 Å². The van der Waals surface area contributed by atoms with E-state index in [4.69, 9.17) is 4.74 Å². The van der Waals surface area contributed by atoms with Gasteiger partial charge in [0.1, 0.15) is 11.9 Å². The van der Waals surface area contributed by atoms with E-state index in [0.29, 0.717) is 17.3 Å². The summed E-state index contributed by atoms with van der Waals surface area (Å²) in [6, 6.07) is 17.7. The molecule has 1 unspecified atom stereocenters. The fourth-order valence-electron chi connectivity index (χ4n) is 3.17. The second-order valence-electron chi connectivity index (χ2n) is 7.10. The molecular weight excluding hydrogens is 390 g/mol. The number of nitrogens with one attached hydrogen (secondary N) is 2. The summed E-state index contributed by atoms with van der Waals surface area (Å²) >= 11 is 0. The quantitative estimate of drug-likeness (QED) is 0.519. The molecule has 2 N–H and O–H groups in total. The van der Waals surface area contributed by atoms with Crippen molar-refractivity contribution in [3.63, 3.8) is 0 Å². The summed E-state index contributed by atoms with van der Waals surface area (Å²) in [6.45, 7) is 3.52. The Morgan fingerprint density at radius 3 is 2.52 bits per heavy atom. The first-order chi connectivity index (χ1) is 15.1. The van der Waals surface area contributed by atoms with Crippen molar-refractivity contribution in [2.45, 2.75) is 19.4 Å². The van der Waals surface area contributed by atoms with Crippen LogP contribution in [-0.4, -0.2) is 43.1 Å². The Morgan fingerprint density at radius 2 is 1.84 bits per heavy atom. The normalized spacial score (nSPS) is 11.6. The van der Waals surface area contributed by atoms with Gasteiger partial charge in [-0.05, 0) is 38.2 Å². The molecule has 31 heavy (non-hydrogen) atoms. The molecule has 3 aromatic rings. The summed E-state index contributed by atoms with van der Waals surface area (Å²) in [6.07, 6.45) is 3.81. The summed E-state index contributed by atoms with van der Waals surface area (Å²) in [4.78, 5) is 22.8. The Bertz CT molecular complexity index is 963. The van der Waals surface area contributed by atoms with Gasteiger partial charge in [0.25, 0.3) is 5.91 Å². The van der Waals surface area contributed by atoms with Crippen molar-refractivity contribution in [3.8, 4) is 5.75 Å². The van der Waals surface area contributed by atoms with Gasteiger partial charge < -0.3 is 20.3 Å².